The Morgan fingerprint density at radius 1 is 1.34 bits per heavy atom. The molecule has 2 N–H and O–H groups in total. The summed E-state index contributed by atoms with van der Waals surface area (Å²) in [4.78, 5) is 29.7. The Labute approximate surface area is 225 Å². The lowest BCUT2D eigenvalue weighted by Gasteiger charge is -2.17. The summed E-state index contributed by atoms with van der Waals surface area (Å²) in [5.41, 5.74) is 2.08. The summed E-state index contributed by atoms with van der Waals surface area (Å²) in [7, 11) is 1.58. The molecule has 0 saturated carbocycles. The van der Waals surface area contributed by atoms with Gasteiger partial charge >= 0.3 is 0 Å². The second kappa shape index (κ2) is 11.8. The molecule has 0 spiro atoms. The zero-order valence-electron chi connectivity index (χ0n) is 21.0. The van der Waals surface area contributed by atoms with Crippen molar-refractivity contribution >= 4 is 46.4 Å². The van der Waals surface area contributed by atoms with Gasteiger partial charge in [-0.25, -0.2) is 19.9 Å². The molecule has 0 aliphatic carbocycles. The highest BCUT2D eigenvalue weighted by Crippen LogP contribution is 2.36. The van der Waals surface area contributed by atoms with Crippen LogP contribution in [0.25, 0.3) is 22.2 Å². The molecule has 2 aromatic heterocycles. The second-order valence-corrected chi connectivity index (χ2v) is 9.48. The van der Waals surface area contributed by atoms with Crippen molar-refractivity contribution in [2.24, 2.45) is 10.9 Å². The molecule has 1 unspecified atom stereocenters. The number of pyridine rings is 1. The number of methoxy groups -OCH3 is 1. The monoisotopic (exact) mass is 536 g/mol. The fourth-order valence-electron chi connectivity index (χ4n) is 4.51. The molecular formula is C27H29ClN6O4. The van der Waals surface area contributed by atoms with Gasteiger partial charge in [-0.05, 0) is 31.1 Å². The average molecular weight is 537 g/mol. The summed E-state index contributed by atoms with van der Waals surface area (Å²) in [6.07, 6.45) is 6.67. The maximum atomic E-state index is 11.5. The molecule has 10 nitrogen and oxygen atoms in total. The molecule has 198 valence electrons. The predicted molar refractivity (Wildman–Crippen MR) is 147 cm³/mol. The van der Waals surface area contributed by atoms with Crippen molar-refractivity contribution in [3.63, 3.8) is 0 Å². The molecule has 2 saturated heterocycles. The first-order valence-corrected chi connectivity index (χ1v) is 12.8. The van der Waals surface area contributed by atoms with Gasteiger partial charge in [-0.1, -0.05) is 30.3 Å². The van der Waals surface area contributed by atoms with Crippen LogP contribution in [0.2, 0.25) is 5.02 Å². The van der Waals surface area contributed by atoms with Crippen LogP contribution in [0.15, 0.2) is 48.1 Å². The zero-order valence-corrected chi connectivity index (χ0v) is 21.8. The fourth-order valence-corrected chi connectivity index (χ4v) is 4.81. The lowest BCUT2D eigenvalue weighted by molar-refractivity contribution is -0.113. The molecule has 38 heavy (non-hydrogen) atoms. The van der Waals surface area contributed by atoms with E-state index in [-0.39, 0.29) is 18.1 Å². The van der Waals surface area contributed by atoms with Crippen molar-refractivity contribution in [3.8, 4) is 17.0 Å². The van der Waals surface area contributed by atoms with E-state index in [1.165, 1.54) is 6.08 Å². The molecular weight excluding hydrogens is 508 g/mol. The first kappa shape index (κ1) is 26.0. The van der Waals surface area contributed by atoms with E-state index in [4.69, 9.17) is 35.8 Å². The molecule has 0 bridgehead atoms. The number of anilines is 2. The highest BCUT2D eigenvalue weighted by molar-refractivity contribution is 6.34. The standard InChI is InChI=1S/C27H29ClN6O4/c1-3-23(35)29-12-17-14-37-15-21(17)33-27-31-11-16-10-20(19-7-4-8-22(36-2)24(19)28)32-26(25(16)34-27)30-13-18-6-5-9-38-18/h3-4,7-8,10-12,17-18,21H,1,5-6,9,13-15H2,2H3,(H,30,32)(H,31,33,34)/b29-12+/t17-,18?,21+/m0/s1. The van der Waals surface area contributed by atoms with E-state index < -0.39 is 5.91 Å². The number of carbonyl (C=O) groups is 1. The molecule has 2 aliphatic heterocycles. The molecule has 0 radical (unpaired) electrons. The Morgan fingerprint density at radius 2 is 2.24 bits per heavy atom. The molecule has 2 aliphatic rings. The fraction of sp³-hybridized carbons (Fsp3) is 0.370. The third-order valence-corrected chi connectivity index (χ3v) is 6.94. The summed E-state index contributed by atoms with van der Waals surface area (Å²) < 4.78 is 16.8. The number of carbonyl (C=O) groups excluding carboxylic acids is 1. The van der Waals surface area contributed by atoms with E-state index in [9.17, 15) is 4.79 Å². The van der Waals surface area contributed by atoms with Gasteiger partial charge in [-0.3, -0.25) is 4.79 Å². The van der Waals surface area contributed by atoms with Gasteiger partial charge in [0.15, 0.2) is 5.82 Å². The minimum absolute atomic E-state index is 0.106. The number of ether oxygens (including phenoxy) is 3. The number of nitrogens with one attached hydrogen (secondary N) is 2. The highest BCUT2D eigenvalue weighted by atomic mass is 35.5. The minimum atomic E-state index is -0.391. The summed E-state index contributed by atoms with van der Waals surface area (Å²) in [5.74, 6) is 1.11. The maximum Gasteiger partial charge on any atom is 0.268 e. The predicted octanol–water partition coefficient (Wildman–Crippen LogP) is 4.16. The molecule has 5 rings (SSSR count). The summed E-state index contributed by atoms with van der Waals surface area (Å²) in [6.45, 7) is 5.70. The number of fused-ring (bicyclic) bond motifs is 1. The lowest BCUT2D eigenvalue weighted by atomic mass is 10.1. The van der Waals surface area contributed by atoms with Crippen LogP contribution in [-0.2, 0) is 14.3 Å². The quantitative estimate of drug-likeness (QED) is 0.307. The summed E-state index contributed by atoms with van der Waals surface area (Å²) in [5, 5.41) is 8.04. The number of hydrogen-bond acceptors (Lipinski definition) is 9. The van der Waals surface area contributed by atoms with E-state index in [2.05, 4.69) is 27.2 Å². The van der Waals surface area contributed by atoms with Gasteiger partial charge in [0.1, 0.15) is 11.3 Å². The van der Waals surface area contributed by atoms with Crippen molar-refractivity contribution in [3.05, 3.63) is 48.1 Å². The van der Waals surface area contributed by atoms with E-state index in [1.54, 1.807) is 19.5 Å². The Bertz CT molecular complexity index is 1360. The van der Waals surface area contributed by atoms with Crippen molar-refractivity contribution in [1.82, 2.24) is 15.0 Å². The summed E-state index contributed by atoms with van der Waals surface area (Å²) in [6, 6.07) is 7.36. The molecule has 2 fully saturated rings. The van der Waals surface area contributed by atoms with Gasteiger partial charge in [0, 0.05) is 42.4 Å². The van der Waals surface area contributed by atoms with Crippen LogP contribution in [0.1, 0.15) is 12.8 Å². The molecule has 1 amide bonds. The maximum absolute atomic E-state index is 11.5. The number of nitrogens with zero attached hydrogens (tertiary/aromatic N) is 4. The smallest absolute Gasteiger partial charge is 0.268 e. The largest absolute Gasteiger partial charge is 0.495 e. The molecule has 1 aromatic carbocycles. The SMILES string of the molecule is C=CC(=O)/N=C/[C@H]1COC[C@H]1Nc1ncc2cc(-c3cccc(OC)c3Cl)nc(NCC3CCCO3)c2n1. The van der Waals surface area contributed by atoms with Gasteiger partial charge in [-0.2, -0.15) is 0 Å². The highest BCUT2D eigenvalue weighted by Gasteiger charge is 2.28. The lowest BCUT2D eigenvalue weighted by Crippen LogP contribution is -2.29. The molecule has 3 atom stereocenters. The van der Waals surface area contributed by atoms with Crippen LogP contribution < -0.4 is 15.4 Å². The number of rotatable bonds is 9. The third-order valence-electron chi connectivity index (χ3n) is 6.55. The van der Waals surface area contributed by atoms with E-state index >= 15 is 0 Å². The number of hydrogen-bond donors (Lipinski definition) is 2. The van der Waals surface area contributed by atoms with Crippen molar-refractivity contribution in [2.45, 2.75) is 25.0 Å². The van der Waals surface area contributed by atoms with Crippen molar-refractivity contribution in [1.29, 1.82) is 0 Å². The minimum Gasteiger partial charge on any atom is -0.495 e. The van der Waals surface area contributed by atoms with E-state index in [1.807, 2.05) is 24.3 Å². The summed E-state index contributed by atoms with van der Waals surface area (Å²) >= 11 is 6.62. The third kappa shape index (κ3) is 5.77. The van der Waals surface area contributed by atoms with Crippen LogP contribution in [0.4, 0.5) is 11.8 Å². The Kier molecular flexibility index (Phi) is 8.11. The zero-order chi connectivity index (χ0) is 26.5. The topological polar surface area (TPSA) is 120 Å². The van der Waals surface area contributed by atoms with Gasteiger partial charge in [-0.15, -0.1) is 0 Å². The first-order chi connectivity index (χ1) is 18.6. The Balaban J connectivity index is 1.47. The van der Waals surface area contributed by atoms with Gasteiger partial charge < -0.3 is 24.8 Å². The Hall–Kier alpha value is -3.60. The average Bonchev–Trinajstić information content (AvgIpc) is 3.62. The van der Waals surface area contributed by atoms with Gasteiger partial charge in [0.25, 0.3) is 5.91 Å². The van der Waals surface area contributed by atoms with Crippen LogP contribution in [0.5, 0.6) is 5.75 Å². The van der Waals surface area contributed by atoms with E-state index in [0.717, 1.165) is 30.4 Å². The molecule has 11 heteroatoms. The number of halogens is 1. The van der Waals surface area contributed by atoms with Crippen LogP contribution in [0.3, 0.4) is 0 Å². The van der Waals surface area contributed by atoms with Gasteiger partial charge in [0.2, 0.25) is 5.95 Å². The number of benzene rings is 1. The second-order valence-electron chi connectivity index (χ2n) is 9.10. The molecule has 4 heterocycles. The molecule has 3 aromatic rings. The van der Waals surface area contributed by atoms with Crippen LogP contribution >= 0.6 is 11.6 Å². The van der Waals surface area contributed by atoms with Gasteiger partial charge in [0.05, 0.1) is 43.2 Å². The van der Waals surface area contributed by atoms with Crippen molar-refractivity contribution < 1.29 is 19.0 Å². The van der Waals surface area contributed by atoms with Crippen LogP contribution in [0, 0.1) is 5.92 Å². The number of aromatic nitrogens is 3. The number of aliphatic imine (C=N–C) groups is 1. The van der Waals surface area contributed by atoms with Crippen LogP contribution in [-0.4, -0.2) is 72.7 Å². The number of amides is 1. The Morgan fingerprint density at radius 3 is 3.03 bits per heavy atom. The van der Waals surface area contributed by atoms with Crippen molar-refractivity contribution in [2.75, 3.05) is 44.1 Å². The van der Waals surface area contributed by atoms with E-state index in [0.29, 0.717) is 53.5 Å². The normalized spacial score (nSPS) is 21.2. The first-order valence-electron chi connectivity index (χ1n) is 12.5.